The number of carbonyl (C=O) groups is 1. The van der Waals surface area contributed by atoms with Crippen LogP contribution in [0.5, 0.6) is 11.6 Å². The number of ether oxygens (including phenoxy) is 1. The van der Waals surface area contributed by atoms with Crippen LogP contribution < -0.4 is 4.74 Å². The Balaban J connectivity index is 2.32. The van der Waals surface area contributed by atoms with E-state index in [1.54, 1.807) is 6.07 Å². The second-order valence-electron chi connectivity index (χ2n) is 4.17. The summed E-state index contributed by atoms with van der Waals surface area (Å²) >= 11 is 5.76. The number of hydrogen-bond donors (Lipinski definition) is 1. The zero-order valence-electron chi connectivity index (χ0n) is 10.5. The van der Waals surface area contributed by atoms with Crippen molar-refractivity contribution in [1.82, 2.24) is 4.98 Å². The highest BCUT2D eigenvalue weighted by Crippen LogP contribution is 2.24. The molecule has 2 aromatic rings. The van der Waals surface area contributed by atoms with Crippen LogP contribution in [0.1, 0.15) is 21.5 Å². The minimum Gasteiger partial charge on any atom is -0.478 e. The fourth-order valence-electron chi connectivity index (χ4n) is 1.55. The smallest absolute Gasteiger partial charge is 0.335 e. The van der Waals surface area contributed by atoms with Gasteiger partial charge in [-0.1, -0.05) is 17.7 Å². The van der Waals surface area contributed by atoms with Crippen molar-refractivity contribution in [1.29, 1.82) is 0 Å². The molecule has 0 aliphatic heterocycles. The first kappa shape index (κ1) is 13.4. The molecule has 1 heterocycles. The number of carboxylic acid groups (broad SMARTS) is 1. The highest BCUT2D eigenvalue weighted by Gasteiger charge is 2.09. The van der Waals surface area contributed by atoms with E-state index in [9.17, 15) is 4.79 Å². The van der Waals surface area contributed by atoms with Crippen LogP contribution in [0.4, 0.5) is 0 Å². The van der Waals surface area contributed by atoms with Gasteiger partial charge in [-0.25, -0.2) is 9.78 Å². The molecule has 0 aliphatic rings. The zero-order valence-corrected chi connectivity index (χ0v) is 11.2. The number of hydrogen-bond acceptors (Lipinski definition) is 3. The first-order valence-corrected chi connectivity index (χ1v) is 5.99. The van der Waals surface area contributed by atoms with E-state index in [0.29, 0.717) is 5.75 Å². The molecule has 0 amide bonds. The molecule has 0 bridgehead atoms. The lowest BCUT2D eigenvalue weighted by molar-refractivity contribution is 0.0696. The van der Waals surface area contributed by atoms with Gasteiger partial charge in [-0.15, -0.1) is 0 Å². The first-order valence-electron chi connectivity index (χ1n) is 5.61. The number of rotatable bonds is 3. The number of pyridine rings is 1. The van der Waals surface area contributed by atoms with Crippen molar-refractivity contribution in [2.24, 2.45) is 0 Å². The summed E-state index contributed by atoms with van der Waals surface area (Å²) in [7, 11) is 0. The van der Waals surface area contributed by atoms with Gasteiger partial charge in [0.05, 0.1) is 5.56 Å². The van der Waals surface area contributed by atoms with Gasteiger partial charge < -0.3 is 9.84 Å². The van der Waals surface area contributed by atoms with Crippen LogP contribution in [0.3, 0.4) is 0 Å². The van der Waals surface area contributed by atoms with E-state index in [1.165, 1.54) is 12.1 Å². The van der Waals surface area contributed by atoms with E-state index >= 15 is 0 Å². The van der Waals surface area contributed by atoms with Crippen molar-refractivity contribution in [3.63, 3.8) is 0 Å². The molecule has 5 heteroatoms. The van der Waals surface area contributed by atoms with Crippen LogP contribution in [0.25, 0.3) is 0 Å². The Labute approximate surface area is 115 Å². The molecule has 19 heavy (non-hydrogen) atoms. The minimum absolute atomic E-state index is 0.0406. The molecule has 0 saturated heterocycles. The van der Waals surface area contributed by atoms with Crippen LogP contribution in [0.15, 0.2) is 30.3 Å². The number of aromatic carboxylic acids is 1. The Morgan fingerprint density at radius 2 is 1.95 bits per heavy atom. The van der Waals surface area contributed by atoms with Crippen molar-refractivity contribution < 1.29 is 14.6 Å². The summed E-state index contributed by atoms with van der Waals surface area (Å²) < 4.78 is 5.53. The second-order valence-corrected chi connectivity index (χ2v) is 4.56. The molecular formula is C14H12ClNO3. The van der Waals surface area contributed by atoms with Gasteiger partial charge in [0.1, 0.15) is 10.9 Å². The van der Waals surface area contributed by atoms with E-state index in [1.807, 2.05) is 26.0 Å². The average molecular weight is 278 g/mol. The van der Waals surface area contributed by atoms with Crippen LogP contribution >= 0.6 is 11.6 Å². The average Bonchev–Trinajstić information content (AvgIpc) is 2.33. The predicted molar refractivity (Wildman–Crippen MR) is 72.2 cm³/mol. The highest BCUT2D eigenvalue weighted by molar-refractivity contribution is 6.29. The molecule has 0 aliphatic carbocycles. The normalized spacial score (nSPS) is 10.3. The fraction of sp³-hybridized carbons (Fsp3) is 0.143. The molecular weight excluding hydrogens is 266 g/mol. The molecule has 0 unspecified atom stereocenters. The van der Waals surface area contributed by atoms with Gasteiger partial charge in [-0.3, -0.25) is 0 Å². The number of nitrogens with zero attached hydrogens (tertiary/aromatic N) is 1. The zero-order chi connectivity index (χ0) is 14.0. The third-order valence-corrected chi connectivity index (χ3v) is 2.91. The summed E-state index contributed by atoms with van der Waals surface area (Å²) in [6.07, 6.45) is 0. The van der Waals surface area contributed by atoms with Gasteiger partial charge in [-0.2, -0.15) is 0 Å². The maximum atomic E-state index is 10.9. The molecule has 0 radical (unpaired) electrons. The number of aryl methyl sites for hydroxylation is 2. The highest BCUT2D eigenvalue weighted by atomic mass is 35.5. The maximum Gasteiger partial charge on any atom is 0.335 e. The number of carboxylic acids is 1. The van der Waals surface area contributed by atoms with Crippen molar-refractivity contribution in [2.75, 3.05) is 0 Å². The number of aromatic nitrogens is 1. The largest absolute Gasteiger partial charge is 0.478 e. The number of benzene rings is 1. The molecule has 1 N–H and O–H groups in total. The quantitative estimate of drug-likeness (QED) is 0.866. The van der Waals surface area contributed by atoms with E-state index in [4.69, 9.17) is 21.4 Å². The van der Waals surface area contributed by atoms with E-state index in [0.717, 1.165) is 11.1 Å². The molecule has 4 nitrogen and oxygen atoms in total. The van der Waals surface area contributed by atoms with E-state index in [2.05, 4.69) is 4.98 Å². The summed E-state index contributed by atoms with van der Waals surface area (Å²) in [5, 5.41) is 9.02. The summed E-state index contributed by atoms with van der Waals surface area (Å²) in [5.41, 5.74) is 2.27. The Morgan fingerprint density at radius 3 is 2.58 bits per heavy atom. The summed E-state index contributed by atoms with van der Waals surface area (Å²) in [5.74, 6) is -0.323. The third-order valence-electron chi connectivity index (χ3n) is 2.72. The van der Waals surface area contributed by atoms with Gasteiger partial charge in [0, 0.05) is 6.07 Å². The fourth-order valence-corrected chi connectivity index (χ4v) is 1.75. The first-order chi connectivity index (χ1) is 8.95. The monoisotopic (exact) mass is 277 g/mol. The molecule has 98 valence electrons. The SMILES string of the molecule is Cc1ccc(Oc2cc(C(=O)O)cc(Cl)n2)cc1C. The molecule has 0 saturated carbocycles. The number of halogens is 1. The van der Waals surface area contributed by atoms with Crippen molar-refractivity contribution >= 4 is 17.6 Å². The lowest BCUT2D eigenvalue weighted by atomic mass is 10.1. The van der Waals surface area contributed by atoms with Gasteiger partial charge in [0.2, 0.25) is 5.88 Å². The van der Waals surface area contributed by atoms with Crippen molar-refractivity contribution in [2.45, 2.75) is 13.8 Å². The lowest BCUT2D eigenvalue weighted by Gasteiger charge is -2.08. The van der Waals surface area contributed by atoms with Gasteiger partial charge in [0.15, 0.2) is 0 Å². The van der Waals surface area contributed by atoms with Gasteiger partial charge in [0.25, 0.3) is 0 Å². The summed E-state index contributed by atoms with van der Waals surface area (Å²) in [6.45, 7) is 3.97. The van der Waals surface area contributed by atoms with Gasteiger partial charge in [-0.05, 0) is 43.2 Å². The standard InChI is InChI=1S/C14H12ClNO3/c1-8-3-4-11(5-9(8)2)19-13-7-10(14(17)18)6-12(15)16-13/h3-7H,1-2H3,(H,17,18). The molecule has 0 spiro atoms. The van der Waals surface area contributed by atoms with Crippen LogP contribution in [0.2, 0.25) is 5.15 Å². The second kappa shape index (κ2) is 5.28. The Hall–Kier alpha value is -2.07. The maximum absolute atomic E-state index is 10.9. The minimum atomic E-state index is -1.07. The van der Waals surface area contributed by atoms with Crippen molar-refractivity contribution in [3.8, 4) is 11.6 Å². The Bertz CT molecular complexity index is 641. The van der Waals surface area contributed by atoms with Crippen molar-refractivity contribution in [3.05, 3.63) is 52.2 Å². The molecule has 1 aromatic carbocycles. The van der Waals surface area contributed by atoms with Crippen LogP contribution in [0, 0.1) is 13.8 Å². The Kier molecular flexibility index (Phi) is 3.71. The Morgan fingerprint density at radius 1 is 1.21 bits per heavy atom. The molecule has 2 rings (SSSR count). The van der Waals surface area contributed by atoms with Gasteiger partial charge >= 0.3 is 5.97 Å². The molecule has 0 atom stereocenters. The van der Waals surface area contributed by atoms with Crippen LogP contribution in [-0.4, -0.2) is 16.1 Å². The summed E-state index contributed by atoms with van der Waals surface area (Å²) in [4.78, 5) is 14.9. The predicted octanol–water partition coefficient (Wildman–Crippen LogP) is 3.84. The lowest BCUT2D eigenvalue weighted by Crippen LogP contribution is -1.98. The van der Waals surface area contributed by atoms with E-state index < -0.39 is 5.97 Å². The molecule has 0 fully saturated rings. The van der Waals surface area contributed by atoms with E-state index in [-0.39, 0.29) is 16.6 Å². The summed E-state index contributed by atoms with van der Waals surface area (Å²) in [6, 6.07) is 8.19. The molecule has 1 aromatic heterocycles. The third kappa shape index (κ3) is 3.23. The topological polar surface area (TPSA) is 59.4 Å². The van der Waals surface area contributed by atoms with Crippen LogP contribution in [-0.2, 0) is 0 Å².